The van der Waals surface area contributed by atoms with Crippen LogP contribution in [0.3, 0.4) is 0 Å². The van der Waals surface area contributed by atoms with Gasteiger partial charge in [0.2, 0.25) is 0 Å². The number of nitrogens with one attached hydrogen (secondary N) is 1. The molecule has 2 nitrogen and oxygen atoms in total. The van der Waals surface area contributed by atoms with E-state index in [0.717, 1.165) is 42.9 Å². The van der Waals surface area contributed by atoms with Gasteiger partial charge in [0.1, 0.15) is 0 Å². The van der Waals surface area contributed by atoms with Crippen molar-refractivity contribution in [2.24, 2.45) is 5.41 Å². The molecule has 0 radical (unpaired) electrons. The molecule has 1 aliphatic heterocycles. The maximum atomic E-state index is 9.61. The maximum absolute atomic E-state index is 9.61. The third-order valence-electron chi connectivity index (χ3n) is 3.42. The van der Waals surface area contributed by atoms with Crippen molar-refractivity contribution in [1.82, 2.24) is 5.32 Å². The first-order chi connectivity index (χ1) is 7.76. The van der Waals surface area contributed by atoms with Crippen molar-refractivity contribution in [2.45, 2.75) is 19.3 Å². The molecule has 1 unspecified atom stereocenters. The zero-order valence-electron chi connectivity index (χ0n) is 9.38. The van der Waals surface area contributed by atoms with Gasteiger partial charge in [0.25, 0.3) is 0 Å². The quantitative estimate of drug-likeness (QED) is 0.848. The van der Waals surface area contributed by atoms with Gasteiger partial charge in [0, 0.05) is 17.0 Å². The van der Waals surface area contributed by atoms with Crippen molar-refractivity contribution in [3.63, 3.8) is 0 Å². The highest BCUT2D eigenvalue weighted by atomic mass is 35.5. The van der Waals surface area contributed by atoms with Crippen LogP contribution < -0.4 is 5.32 Å². The highest BCUT2D eigenvalue weighted by Crippen LogP contribution is 2.32. The van der Waals surface area contributed by atoms with E-state index in [1.165, 1.54) is 0 Å². The first-order valence-electron chi connectivity index (χ1n) is 5.81. The van der Waals surface area contributed by atoms with Crippen LogP contribution in [0.2, 0.25) is 5.02 Å². The second kappa shape index (κ2) is 5.17. The largest absolute Gasteiger partial charge is 0.396 e. The molecule has 0 bridgehead atoms. The normalized spacial score (nSPS) is 25.6. The van der Waals surface area contributed by atoms with E-state index in [-0.39, 0.29) is 12.0 Å². The molecule has 0 amide bonds. The van der Waals surface area contributed by atoms with Crippen molar-refractivity contribution in [2.75, 3.05) is 19.7 Å². The second-order valence-electron chi connectivity index (χ2n) is 4.71. The molecule has 1 heterocycles. The molecule has 16 heavy (non-hydrogen) atoms. The summed E-state index contributed by atoms with van der Waals surface area (Å²) in [5, 5.41) is 13.8. The van der Waals surface area contributed by atoms with Gasteiger partial charge in [-0.25, -0.2) is 0 Å². The van der Waals surface area contributed by atoms with Crippen LogP contribution >= 0.6 is 11.6 Å². The van der Waals surface area contributed by atoms with Gasteiger partial charge in [-0.15, -0.1) is 0 Å². The van der Waals surface area contributed by atoms with E-state index in [9.17, 15) is 5.11 Å². The van der Waals surface area contributed by atoms with Crippen LogP contribution in [0.15, 0.2) is 24.3 Å². The fourth-order valence-electron chi connectivity index (χ4n) is 2.42. The summed E-state index contributed by atoms with van der Waals surface area (Å²) in [5.74, 6) is 0. The van der Waals surface area contributed by atoms with E-state index in [0.29, 0.717) is 0 Å². The van der Waals surface area contributed by atoms with Crippen molar-refractivity contribution in [3.05, 3.63) is 34.9 Å². The summed E-state index contributed by atoms with van der Waals surface area (Å²) in [6, 6.07) is 7.91. The lowest BCUT2D eigenvalue weighted by atomic mass is 9.76. The smallest absolute Gasteiger partial charge is 0.0502 e. The number of rotatable bonds is 3. The minimum atomic E-state index is -0.0246. The molecule has 0 aliphatic carbocycles. The number of halogens is 1. The molecule has 1 atom stereocenters. The summed E-state index contributed by atoms with van der Waals surface area (Å²) in [7, 11) is 0. The van der Waals surface area contributed by atoms with Crippen LogP contribution in [0.25, 0.3) is 0 Å². The van der Waals surface area contributed by atoms with Crippen LogP contribution in [0.5, 0.6) is 0 Å². The molecule has 0 aromatic heterocycles. The molecule has 1 aromatic carbocycles. The number of aliphatic hydroxyl groups excluding tert-OH is 1. The Balaban J connectivity index is 2.15. The zero-order valence-corrected chi connectivity index (χ0v) is 10.1. The summed E-state index contributed by atoms with van der Waals surface area (Å²) >= 11 is 6.16. The van der Waals surface area contributed by atoms with E-state index in [2.05, 4.69) is 5.32 Å². The van der Waals surface area contributed by atoms with Crippen LogP contribution in [-0.4, -0.2) is 24.8 Å². The van der Waals surface area contributed by atoms with Gasteiger partial charge in [-0.05, 0) is 37.4 Å². The predicted molar refractivity (Wildman–Crippen MR) is 66.8 cm³/mol. The molecule has 2 N–H and O–H groups in total. The fraction of sp³-hybridized carbons (Fsp3) is 0.538. The van der Waals surface area contributed by atoms with Gasteiger partial charge < -0.3 is 10.4 Å². The van der Waals surface area contributed by atoms with Crippen molar-refractivity contribution < 1.29 is 5.11 Å². The SMILES string of the molecule is OCC1(Cc2ccccc2Cl)CCCNC1. The van der Waals surface area contributed by atoms with Gasteiger partial charge in [-0.2, -0.15) is 0 Å². The Morgan fingerprint density at radius 3 is 2.81 bits per heavy atom. The Labute approximate surface area is 102 Å². The summed E-state index contributed by atoms with van der Waals surface area (Å²) in [6.45, 7) is 2.17. The number of benzene rings is 1. The monoisotopic (exact) mass is 239 g/mol. The molecule has 0 spiro atoms. The minimum absolute atomic E-state index is 0.0246. The highest BCUT2D eigenvalue weighted by molar-refractivity contribution is 6.31. The molecular weight excluding hydrogens is 222 g/mol. The van der Waals surface area contributed by atoms with Gasteiger partial charge in [-0.3, -0.25) is 0 Å². The molecule has 2 rings (SSSR count). The first kappa shape index (κ1) is 11.9. The Kier molecular flexibility index (Phi) is 3.85. The number of piperidine rings is 1. The van der Waals surface area contributed by atoms with Gasteiger partial charge >= 0.3 is 0 Å². The zero-order chi connectivity index (χ0) is 11.4. The van der Waals surface area contributed by atoms with Gasteiger partial charge in [-0.1, -0.05) is 29.8 Å². The van der Waals surface area contributed by atoms with Crippen LogP contribution in [0.1, 0.15) is 18.4 Å². The second-order valence-corrected chi connectivity index (χ2v) is 5.11. The van der Waals surface area contributed by atoms with Crippen LogP contribution in [0.4, 0.5) is 0 Å². The Bertz CT molecular complexity index is 348. The lowest BCUT2D eigenvalue weighted by Gasteiger charge is -2.36. The summed E-state index contributed by atoms with van der Waals surface area (Å²) in [5.41, 5.74) is 1.12. The van der Waals surface area contributed by atoms with Gasteiger partial charge in [0.05, 0.1) is 6.61 Å². The third kappa shape index (κ3) is 2.57. The standard InChI is InChI=1S/C13H18ClNO/c14-12-5-2-1-4-11(12)8-13(10-16)6-3-7-15-9-13/h1-2,4-5,15-16H,3,6-10H2. The predicted octanol–water partition coefficient (Wildman–Crippen LogP) is 2.24. The van der Waals surface area contributed by atoms with E-state index in [1.54, 1.807) is 0 Å². The fourth-order valence-corrected chi connectivity index (χ4v) is 2.62. The summed E-state index contributed by atoms with van der Waals surface area (Å²) < 4.78 is 0. The Morgan fingerprint density at radius 1 is 1.38 bits per heavy atom. The number of hydrogen-bond donors (Lipinski definition) is 2. The van der Waals surface area contributed by atoms with Crippen molar-refractivity contribution >= 4 is 11.6 Å². The van der Waals surface area contributed by atoms with Crippen molar-refractivity contribution in [1.29, 1.82) is 0 Å². The molecular formula is C13H18ClNO. The minimum Gasteiger partial charge on any atom is -0.396 e. The van der Waals surface area contributed by atoms with E-state index >= 15 is 0 Å². The summed E-state index contributed by atoms with van der Waals surface area (Å²) in [6.07, 6.45) is 3.06. The topological polar surface area (TPSA) is 32.3 Å². The highest BCUT2D eigenvalue weighted by Gasteiger charge is 2.31. The number of hydrogen-bond acceptors (Lipinski definition) is 2. The lowest BCUT2D eigenvalue weighted by Crippen LogP contribution is -2.44. The Hall–Kier alpha value is -0.570. The molecule has 1 aromatic rings. The molecule has 0 saturated carbocycles. The van der Waals surface area contributed by atoms with Crippen LogP contribution in [0, 0.1) is 5.41 Å². The molecule has 3 heteroatoms. The average molecular weight is 240 g/mol. The lowest BCUT2D eigenvalue weighted by molar-refractivity contribution is 0.0948. The first-order valence-corrected chi connectivity index (χ1v) is 6.19. The third-order valence-corrected chi connectivity index (χ3v) is 3.79. The molecule has 1 fully saturated rings. The van der Waals surface area contributed by atoms with E-state index < -0.39 is 0 Å². The average Bonchev–Trinajstić information content (AvgIpc) is 2.33. The molecule has 1 saturated heterocycles. The molecule has 88 valence electrons. The summed E-state index contributed by atoms with van der Waals surface area (Å²) in [4.78, 5) is 0. The number of aliphatic hydroxyl groups is 1. The van der Waals surface area contributed by atoms with Crippen LogP contribution in [-0.2, 0) is 6.42 Å². The van der Waals surface area contributed by atoms with E-state index in [4.69, 9.17) is 11.6 Å². The van der Waals surface area contributed by atoms with Crippen molar-refractivity contribution in [3.8, 4) is 0 Å². The van der Waals surface area contributed by atoms with Gasteiger partial charge in [0.15, 0.2) is 0 Å². The molecule has 1 aliphatic rings. The maximum Gasteiger partial charge on any atom is 0.0502 e. The van der Waals surface area contributed by atoms with E-state index in [1.807, 2.05) is 24.3 Å². The Morgan fingerprint density at radius 2 is 2.19 bits per heavy atom.